The third-order valence-electron chi connectivity index (χ3n) is 5.57. The van der Waals surface area contributed by atoms with E-state index in [1.807, 2.05) is 0 Å². The van der Waals surface area contributed by atoms with Crippen molar-refractivity contribution in [1.82, 2.24) is 10.2 Å². The summed E-state index contributed by atoms with van der Waals surface area (Å²) in [5.41, 5.74) is 1.77. The third-order valence-corrected chi connectivity index (χ3v) is 5.57. The molecule has 0 unspecified atom stereocenters. The number of nitrogens with zero attached hydrogens (tertiary/aromatic N) is 1. The molecule has 1 aliphatic carbocycles. The number of ether oxygens (including phenoxy) is 2. The van der Waals surface area contributed by atoms with Gasteiger partial charge in [-0.25, -0.2) is 0 Å². The van der Waals surface area contributed by atoms with Crippen LogP contribution in [0, 0.1) is 0 Å². The Morgan fingerprint density at radius 2 is 1.88 bits per heavy atom. The van der Waals surface area contributed by atoms with E-state index in [0.29, 0.717) is 24.5 Å². The molecule has 138 valence electrons. The van der Waals surface area contributed by atoms with Crippen molar-refractivity contribution >= 4 is 5.91 Å². The lowest BCUT2D eigenvalue weighted by molar-refractivity contribution is -0.123. The van der Waals surface area contributed by atoms with E-state index >= 15 is 0 Å². The van der Waals surface area contributed by atoms with Gasteiger partial charge in [0.25, 0.3) is 0 Å². The molecule has 5 heteroatoms. The van der Waals surface area contributed by atoms with Gasteiger partial charge in [0.05, 0.1) is 13.7 Å². The maximum absolute atomic E-state index is 11.8. The summed E-state index contributed by atoms with van der Waals surface area (Å²) in [6.07, 6.45) is 5.08. The number of piperidine rings is 1. The molecule has 0 aromatic heterocycles. The van der Waals surface area contributed by atoms with Crippen molar-refractivity contribution < 1.29 is 14.3 Å². The zero-order chi connectivity index (χ0) is 17.7. The number of hydrogen-bond acceptors (Lipinski definition) is 4. The lowest BCUT2D eigenvalue weighted by atomic mass is 9.93. The van der Waals surface area contributed by atoms with Crippen molar-refractivity contribution in [3.05, 3.63) is 29.8 Å². The summed E-state index contributed by atoms with van der Waals surface area (Å²) in [6.45, 7) is 3.75. The lowest BCUT2D eigenvalue weighted by Gasteiger charge is -2.35. The van der Waals surface area contributed by atoms with Crippen LogP contribution in [0.25, 0.3) is 0 Å². The van der Waals surface area contributed by atoms with Crippen molar-refractivity contribution in [1.29, 1.82) is 0 Å². The van der Waals surface area contributed by atoms with E-state index in [9.17, 15) is 4.79 Å². The van der Waals surface area contributed by atoms with E-state index in [1.54, 1.807) is 14.2 Å². The number of hydrogen-bond donors (Lipinski definition) is 1. The fraction of sp³-hybridized carbons (Fsp3) is 0.650. The molecule has 5 nitrogen and oxygen atoms in total. The van der Waals surface area contributed by atoms with Crippen molar-refractivity contribution in [2.45, 2.75) is 43.6 Å². The second kappa shape index (κ2) is 8.19. The van der Waals surface area contributed by atoms with Gasteiger partial charge < -0.3 is 19.7 Å². The first kappa shape index (κ1) is 18.2. The van der Waals surface area contributed by atoms with Crippen LogP contribution in [0.15, 0.2) is 24.3 Å². The number of likely N-dealkylation sites (tertiary alicyclic amines) is 1. The first-order valence-corrected chi connectivity index (χ1v) is 9.30. The predicted molar refractivity (Wildman–Crippen MR) is 98.0 cm³/mol. The number of amides is 1. The maximum Gasteiger partial charge on any atom is 0.222 e. The SMILES string of the molecule is COCCC(=O)NC1CCN(CC2(c3ccc(OC)cc3)CC2)CC1. The van der Waals surface area contributed by atoms with E-state index in [1.165, 1.54) is 18.4 Å². The van der Waals surface area contributed by atoms with Gasteiger partial charge in [-0.1, -0.05) is 12.1 Å². The number of methoxy groups -OCH3 is 2. The standard InChI is InChI=1S/C20H30N2O3/c1-24-14-9-19(23)21-17-7-12-22(13-8-17)15-20(10-11-20)16-3-5-18(25-2)6-4-16/h3-6,17H,7-15H2,1-2H3,(H,21,23). The summed E-state index contributed by atoms with van der Waals surface area (Å²) in [4.78, 5) is 14.4. The quantitative estimate of drug-likeness (QED) is 0.785. The average Bonchev–Trinajstić information content (AvgIpc) is 3.42. The second-order valence-corrected chi connectivity index (χ2v) is 7.37. The molecule has 1 saturated carbocycles. The molecular formula is C20H30N2O3. The zero-order valence-corrected chi connectivity index (χ0v) is 15.4. The smallest absolute Gasteiger partial charge is 0.222 e. The molecule has 1 N–H and O–H groups in total. The molecule has 1 saturated heterocycles. The maximum atomic E-state index is 11.8. The fourth-order valence-electron chi connectivity index (χ4n) is 3.79. The first-order chi connectivity index (χ1) is 12.1. The Bertz CT molecular complexity index is 561. The van der Waals surface area contributed by atoms with Gasteiger partial charge in [0.2, 0.25) is 5.91 Å². The summed E-state index contributed by atoms with van der Waals surface area (Å²) in [7, 11) is 3.34. The van der Waals surface area contributed by atoms with Gasteiger partial charge in [0.15, 0.2) is 0 Å². The summed E-state index contributed by atoms with van der Waals surface area (Å²) in [5, 5.41) is 3.14. The Hall–Kier alpha value is -1.59. The molecule has 1 aromatic rings. The van der Waals surface area contributed by atoms with Crippen LogP contribution in [0.1, 0.15) is 37.7 Å². The molecule has 1 heterocycles. The van der Waals surface area contributed by atoms with Gasteiger partial charge in [-0.15, -0.1) is 0 Å². The normalized spacial score (nSPS) is 20.2. The van der Waals surface area contributed by atoms with Gasteiger partial charge in [-0.3, -0.25) is 4.79 Å². The van der Waals surface area contributed by atoms with E-state index in [2.05, 4.69) is 34.5 Å². The summed E-state index contributed by atoms with van der Waals surface area (Å²) in [6, 6.07) is 8.88. The molecule has 1 aromatic carbocycles. The predicted octanol–water partition coefficient (Wildman–Crippen LogP) is 2.34. The Balaban J connectivity index is 1.46. The van der Waals surface area contributed by atoms with Crippen LogP contribution in [-0.4, -0.2) is 57.3 Å². The molecule has 0 bridgehead atoms. The van der Waals surface area contributed by atoms with Crippen molar-refractivity contribution in [2.24, 2.45) is 0 Å². The Morgan fingerprint density at radius 1 is 1.20 bits per heavy atom. The highest BCUT2D eigenvalue weighted by atomic mass is 16.5. The van der Waals surface area contributed by atoms with Gasteiger partial charge in [0.1, 0.15) is 5.75 Å². The summed E-state index contributed by atoms with van der Waals surface area (Å²) in [5.74, 6) is 1.03. The summed E-state index contributed by atoms with van der Waals surface area (Å²) >= 11 is 0. The lowest BCUT2D eigenvalue weighted by Crippen LogP contribution is -2.46. The van der Waals surface area contributed by atoms with Crippen molar-refractivity contribution in [3.63, 3.8) is 0 Å². The van der Waals surface area contributed by atoms with Crippen molar-refractivity contribution in [2.75, 3.05) is 40.5 Å². The monoisotopic (exact) mass is 346 g/mol. The number of carbonyl (C=O) groups is 1. The molecule has 3 rings (SSSR count). The average molecular weight is 346 g/mol. The fourth-order valence-corrected chi connectivity index (χ4v) is 3.79. The molecule has 1 amide bonds. The molecule has 2 aliphatic rings. The topological polar surface area (TPSA) is 50.8 Å². The highest BCUT2D eigenvalue weighted by Gasteiger charge is 2.45. The minimum atomic E-state index is 0.109. The van der Waals surface area contributed by atoms with Crippen molar-refractivity contribution in [3.8, 4) is 5.75 Å². The highest BCUT2D eigenvalue weighted by molar-refractivity contribution is 5.76. The largest absolute Gasteiger partial charge is 0.497 e. The molecule has 0 radical (unpaired) electrons. The van der Waals surface area contributed by atoms with E-state index < -0.39 is 0 Å². The highest BCUT2D eigenvalue weighted by Crippen LogP contribution is 2.49. The summed E-state index contributed by atoms with van der Waals surface area (Å²) < 4.78 is 10.2. The number of carbonyl (C=O) groups excluding carboxylic acids is 1. The van der Waals surface area contributed by atoms with Gasteiger partial charge in [-0.2, -0.15) is 0 Å². The Morgan fingerprint density at radius 3 is 2.44 bits per heavy atom. The third kappa shape index (κ3) is 4.73. The van der Waals surface area contributed by atoms with Gasteiger partial charge in [-0.05, 0) is 43.4 Å². The molecule has 0 atom stereocenters. The number of rotatable bonds is 8. The molecule has 1 aliphatic heterocycles. The second-order valence-electron chi connectivity index (χ2n) is 7.37. The van der Waals surface area contributed by atoms with Gasteiger partial charge >= 0.3 is 0 Å². The molecule has 25 heavy (non-hydrogen) atoms. The first-order valence-electron chi connectivity index (χ1n) is 9.30. The van der Waals surface area contributed by atoms with Crippen LogP contribution in [0.3, 0.4) is 0 Å². The minimum Gasteiger partial charge on any atom is -0.497 e. The van der Waals surface area contributed by atoms with E-state index in [0.717, 1.165) is 38.2 Å². The molecular weight excluding hydrogens is 316 g/mol. The number of nitrogens with one attached hydrogen (secondary N) is 1. The van der Waals surface area contributed by atoms with Crippen LogP contribution < -0.4 is 10.1 Å². The molecule has 0 spiro atoms. The van der Waals surface area contributed by atoms with Crippen LogP contribution in [0.4, 0.5) is 0 Å². The van der Waals surface area contributed by atoms with Crippen LogP contribution >= 0.6 is 0 Å². The number of benzene rings is 1. The van der Waals surface area contributed by atoms with Crippen LogP contribution in [0.2, 0.25) is 0 Å². The van der Waals surface area contributed by atoms with E-state index in [4.69, 9.17) is 9.47 Å². The van der Waals surface area contributed by atoms with Crippen LogP contribution in [-0.2, 0) is 14.9 Å². The Kier molecular flexibility index (Phi) is 5.97. The van der Waals surface area contributed by atoms with Crippen LogP contribution in [0.5, 0.6) is 5.75 Å². The molecule has 2 fully saturated rings. The zero-order valence-electron chi connectivity index (χ0n) is 15.4. The van der Waals surface area contributed by atoms with Gasteiger partial charge in [0, 0.05) is 44.6 Å². The Labute approximate surface area is 150 Å². The van der Waals surface area contributed by atoms with E-state index in [-0.39, 0.29) is 5.91 Å². The minimum absolute atomic E-state index is 0.109.